The molecule has 1 saturated heterocycles. The number of carbonyl (C=O) groups excluding carboxylic acids is 1. The van der Waals surface area contributed by atoms with Crippen LogP contribution in [0.4, 0.5) is 0 Å². The molecule has 0 radical (unpaired) electrons. The predicted molar refractivity (Wildman–Crippen MR) is 83.6 cm³/mol. The molecule has 1 amide bonds. The van der Waals surface area contributed by atoms with Crippen LogP contribution in [0.15, 0.2) is 24.3 Å². The summed E-state index contributed by atoms with van der Waals surface area (Å²) in [6, 6.07) is 8.06. The van der Waals surface area contributed by atoms with Crippen LogP contribution in [-0.4, -0.2) is 30.1 Å². The van der Waals surface area contributed by atoms with Crippen molar-refractivity contribution in [3.8, 4) is 0 Å². The summed E-state index contributed by atoms with van der Waals surface area (Å²) in [4.78, 5) is 14.4. The van der Waals surface area contributed by atoms with Crippen LogP contribution in [0.1, 0.15) is 43.7 Å². The van der Waals surface area contributed by atoms with Gasteiger partial charge in [-0.05, 0) is 37.3 Å². The molecule has 0 aliphatic carbocycles. The summed E-state index contributed by atoms with van der Waals surface area (Å²) in [5.74, 6) is 0.177. The Balaban J connectivity index is 1.96. The fraction of sp³-hybridized carbons (Fsp3) is 0.588. The third kappa shape index (κ3) is 4.55. The van der Waals surface area contributed by atoms with Crippen molar-refractivity contribution >= 4 is 5.91 Å². The molecule has 1 aliphatic rings. The molecule has 0 spiro atoms. The standard InChI is InChI=1S/C17H26N2O2/c1-2-19(13-15-8-4-3-7-14(15)12-18)17(20)11-16-9-5-6-10-21-16/h3-4,7-8,16H,2,5-6,9-13,18H2,1H3. The summed E-state index contributed by atoms with van der Waals surface area (Å²) in [5.41, 5.74) is 8.02. The van der Waals surface area contributed by atoms with Gasteiger partial charge in [-0.15, -0.1) is 0 Å². The molecule has 4 nitrogen and oxygen atoms in total. The lowest BCUT2D eigenvalue weighted by atomic mass is 10.0. The molecule has 1 atom stereocenters. The number of benzene rings is 1. The first-order valence-electron chi connectivity index (χ1n) is 7.90. The Morgan fingerprint density at radius 2 is 2.10 bits per heavy atom. The average molecular weight is 290 g/mol. The quantitative estimate of drug-likeness (QED) is 0.875. The maximum atomic E-state index is 12.5. The third-order valence-corrected chi connectivity index (χ3v) is 4.11. The molecule has 2 rings (SSSR count). The van der Waals surface area contributed by atoms with E-state index < -0.39 is 0 Å². The van der Waals surface area contributed by atoms with Gasteiger partial charge in [0, 0.05) is 26.2 Å². The summed E-state index contributed by atoms with van der Waals surface area (Å²) in [7, 11) is 0. The second-order valence-electron chi connectivity index (χ2n) is 5.57. The number of carbonyl (C=O) groups is 1. The van der Waals surface area contributed by atoms with Crippen LogP contribution in [0.3, 0.4) is 0 Å². The zero-order valence-corrected chi connectivity index (χ0v) is 12.9. The van der Waals surface area contributed by atoms with Gasteiger partial charge in [-0.3, -0.25) is 4.79 Å². The number of amides is 1. The average Bonchev–Trinajstić information content (AvgIpc) is 2.53. The highest BCUT2D eigenvalue weighted by molar-refractivity contribution is 5.76. The predicted octanol–water partition coefficient (Wildman–Crippen LogP) is 2.45. The highest BCUT2D eigenvalue weighted by Crippen LogP contribution is 2.18. The van der Waals surface area contributed by atoms with E-state index in [4.69, 9.17) is 10.5 Å². The molecule has 21 heavy (non-hydrogen) atoms. The van der Waals surface area contributed by atoms with Gasteiger partial charge in [-0.25, -0.2) is 0 Å². The Hall–Kier alpha value is -1.39. The van der Waals surface area contributed by atoms with Crippen molar-refractivity contribution in [2.75, 3.05) is 13.2 Å². The minimum atomic E-state index is 0.102. The van der Waals surface area contributed by atoms with Crippen molar-refractivity contribution in [2.45, 2.75) is 51.8 Å². The number of rotatable bonds is 6. The van der Waals surface area contributed by atoms with E-state index in [-0.39, 0.29) is 12.0 Å². The minimum absolute atomic E-state index is 0.102. The topological polar surface area (TPSA) is 55.6 Å². The van der Waals surface area contributed by atoms with Gasteiger partial charge in [0.25, 0.3) is 0 Å². The summed E-state index contributed by atoms with van der Waals surface area (Å²) in [6.07, 6.45) is 3.89. The second kappa shape index (κ2) is 8.15. The maximum Gasteiger partial charge on any atom is 0.225 e. The zero-order chi connectivity index (χ0) is 15.1. The summed E-state index contributed by atoms with van der Waals surface area (Å²) >= 11 is 0. The first kappa shape index (κ1) is 16.0. The Morgan fingerprint density at radius 3 is 2.71 bits per heavy atom. The van der Waals surface area contributed by atoms with Gasteiger partial charge in [-0.1, -0.05) is 24.3 Å². The third-order valence-electron chi connectivity index (χ3n) is 4.11. The molecular weight excluding hydrogens is 264 g/mol. The van der Waals surface area contributed by atoms with Gasteiger partial charge < -0.3 is 15.4 Å². The molecular formula is C17H26N2O2. The normalized spacial score (nSPS) is 18.5. The zero-order valence-electron chi connectivity index (χ0n) is 12.9. The Kier molecular flexibility index (Phi) is 6.21. The first-order chi connectivity index (χ1) is 10.2. The van der Waals surface area contributed by atoms with Crippen LogP contribution < -0.4 is 5.73 Å². The number of ether oxygens (including phenoxy) is 1. The van der Waals surface area contributed by atoms with Crippen LogP contribution in [0.25, 0.3) is 0 Å². The molecule has 1 aliphatic heterocycles. The monoisotopic (exact) mass is 290 g/mol. The molecule has 1 unspecified atom stereocenters. The van der Waals surface area contributed by atoms with Gasteiger partial charge in [0.2, 0.25) is 5.91 Å². The molecule has 1 aromatic rings. The van der Waals surface area contributed by atoms with E-state index in [2.05, 4.69) is 6.07 Å². The SMILES string of the molecule is CCN(Cc1ccccc1CN)C(=O)CC1CCCCO1. The molecule has 1 fully saturated rings. The van der Waals surface area contributed by atoms with Crippen molar-refractivity contribution in [1.82, 2.24) is 4.90 Å². The van der Waals surface area contributed by atoms with Crippen molar-refractivity contribution in [2.24, 2.45) is 5.73 Å². The van der Waals surface area contributed by atoms with E-state index in [9.17, 15) is 4.79 Å². The van der Waals surface area contributed by atoms with E-state index >= 15 is 0 Å². The van der Waals surface area contributed by atoms with Crippen LogP contribution in [0, 0.1) is 0 Å². The maximum absolute atomic E-state index is 12.5. The highest BCUT2D eigenvalue weighted by atomic mass is 16.5. The summed E-state index contributed by atoms with van der Waals surface area (Å²) in [5, 5.41) is 0. The smallest absolute Gasteiger partial charge is 0.225 e. The van der Waals surface area contributed by atoms with Crippen LogP contribution >= 0.6 is 0 Å². The van der Waals surface area contributed by atoms with Gasteiger partial charge in [0.15, 0.2) is 0 Å². The van der Waals surface area contributed by atoms with Crippen molar-refractivity contribution in [3.63, 3.8) is 0 Å². The van der Waals surface area contributed by atoms with Crippen LogP contribution in [0.2, 0.25) is 0 Å². The van der Waals surface area contributed by atoms with Crippen LogP contribution in [0.5, 0.6) is 0 Å². The minimum Gasteiger partial charge on any atom is -0.378 e. The highest BCUT2D eigenvalue weighted by Gasteiger charge is 2.21. The summed E-state index contributed by atoms with van der Waals surface area (Å²) < 4.78 is 5.67. The lowest BCUT2D eigenvalue weighted by Crippen LogP contribution is -2.34. The molecule has 1 heterocycles. The van der Waals surface area contributed by atoms with E-state index in [1.54, 1.807) is 0 Å². The molecule has 0 bridgehead atoms. The van der Waals surface area contributed by atoms with Crippen molar-refractivity contribution in [1.29, 1.82) is 0 Å². The number of nitrogens with two attached hydrogens (primary N) is 1. The molecule has 4 heteroatoms. The number of hydrogen-bond acceptors (Lipinski definition) is 3. The largest absolute Gasteiger partial charge is 0.378 e. The van der Waals surface area contributed by atoms with E-state index in [0.717, 1.165) is 30.6 Å². The van der Waals surface area contributed by atoms with Crippen LogP contribution in [-0.2, 0) is 22.6 Å². The molecule has 1 aromatic carbocycles. The van der Waals surface area contributed by atoms with Gasteiger partial charge in [-0.2, -0.15) is 0 Å². The lowest BCUT2D eigenvalue weighted by molar-refractivity contribution is -0.135. The Morgan fingerprint density at radius 1 is 1.33 bits per heavy atom. The van der Waals surface area contributed by atoms with E-state index in [1.807, 2.05) is 30.0 Å². The Bertz CT molecular complexity index is 456. The van der Waals surface area contributed by atoms with Gasteiger partial charge in [0.1, 0.15) is 0 Å². The fourth-order valence-corrected chi connectivity index (χ4v) is 2.79. The summed E-state index contributed by atoms with van der Waals surface area (Å²) in [6.45, 7) is 4.66. The van der Waals surface area contributed by atoms with Gasteiger partial charge >= 0.3 is 0 Å². The molecule has 2 N–H and O–H groups in total. The van der Waals surface area contributed by atoms with E-state index in [0.29, 0.717) is 26.1 Å². The fourth-order valence-electron chi connectivity index (χ4n) is 2.79. The molecule has 0 aromatic heterocycles. The van der Waals surface area contributed by atoms with E-state index in [1.165, 1.54) is 6.42 Å². The molecule has 116 valence electrons. The lowest BCUT2D eigenvalue weighted by Gasteiger charge is -2.27. The first-order valence-corrected chi connectivity index (χ1v) is 7.90. The van der Waals surface area contributed by atoms with Gasteiger partial charge in [0.05, 0.1) is 12.5 Å². The number of hydrogen-bond donors (Lipinski definition) is 1. The van der Waals surface area contributed by atoms with Crippen molar-refractivity contribution < 1.29 is 9.53 Å². The molecule has 0 saturated carbocycles. The van der Waals surface area contributed by atoms with Crippen molar-refractivity contribution in [3.05, 3.63) is 35.4 Å². The Labute approximate surface area is 127 Å². The second-order valence-corrected chi connectivity index (χ2v) is 5.57. The number of nitrogens with zero attached hydrogens (tertiary/aromatic N) is 1.